The van der Waals surface area contributed by atoms with Crippen LogP contribution in [0.3, 0.4) is 0 Å². The molecule has 0 saturated carbocycles. The molecule has 2 amide bonds. The lowest BCUT2D eigenvalue weighted by atomic mass is 10.1. The van der Waals surface area contributed by atoms with Crippen molar-refractivity contribution in [2.75, 3.05) is 44.8 Å². The fourth-order valence-corrected chi connectivity index (χ4v) is 2.85. The predicted molar refractivity (Wildman–Crippen MR) is 97.8 cm³/mol. The Kier molecular flexibility index (Phi) is 5.70. The maximum atomic E-state index is 12.8. The molecular formula is C18H21N5O4. The first-order valence-corrected chi connectivity index (χ1v) is 8.49. The zero-order chi connectivity index (χ0) is 19.2. The molecule has 1 fully saturated rings. The summed E-state index contributed by atoms with van der Waals surface area (Å²) in [6, 6.07) is 8.60. The molecule has 2 heterocycles. The van der Waals surface area contributed by atoms with E-state index in [9.17, 15) is 9.59 Å². The van der Waals surface area contributed by atoms with Crippen molar-refractivity contribution >= 4 is 17.6 Å². The van der Waals surface area contributed by atoms with Crippen LogP contribution >= 0.6 is 0 Å². The fourth-order valence-electron chi connectivity index (χ4n) is 2.85. The van der Waals surface area contributed by atoms with E-state index in [1.807, 2.05) is 12.1 Å². The monoisotopic (exact) mass is 371 g/mol. The molecule has 142 valence electrons. The van der Waals surface area contributed by atoms with Crippen LogP contribution in [0.2, 0.25) is 0 Å². The number of benzene rings is 1. The Morgan fingerprint density at radius 3 is 2.56 bits per heavy atom. The lowest BCUT2D eigenvalue weighted by Crippen LogP contribution is -2.49. The summed E-state index contributed by atoms with van der Waals surface area (Å²) in [7, 11) is 1.47. The third-order valence-electron chi connectivity index (χ3n) is 4.23. The second kappa shape index (κ2) is 8.35. The van der Waals surface area contributed by atoms with Crippen LogP contribution < -0.4 is 20.1 Å². The summed E-state index contributed by atoms with van der Waals surface area (Å²) in [5, 5.41) is 7.99. The molecule has 1 aromatic carbocycles. The molecular weight excluding hydrogens is 350 g/mol. The topological polar surface area (TPSA) is 111 Å². The largest absolute Gasteiger partial charge is 0.493 e. The molecule has 0 spiro atoms. The molecule has 3 rings (SSSR count). The molecule has 2 N–H and O–H groups in total. The number of rotatable bonds is 6. The number of piperazine rings is 1. The Hall–Kier alpha value is -3.36. The molecule has 0 radical (unpaired) electrons. The van der Waals surface area contributed by atoms with Gasteiger partial charge < -0.3 is 25.0 Å². The standard InChI is InChI=1S/C18H21N5O4/c1-26-15-11-13(4-5-14(15)27-12-16(19)24)18(25)23-9-7-22(8-10-23)17-3-2-6-20-21-17/h2-6,11H,7-10,12H2,1H3,(H2,19,24). The maximum Gasteiger partial charge on any atom is 0.255 e. The van der Waals surface area contributed by atoms with Gasteiger partial charge in [0.05, 0.1) is 7.11 Å². The second-order valence-corrected chi connectivity index (χ2v) is 5.98. The van der Waals surface area contributed by atoms with E-state index < -0.39 is 5.91 Å². The van der Waals surface area contributed by atoms with Crippen LogP contribution in [0, 0.1) is 0 Å². The Morgan fingerprint density at radius 1 is 1.15 bits per heavy atom. The highest BCUT2D eigenvalue weighted by Gasteiger charge is 2.23. The zero-order valence-corrected chi connectivity index (χ0v) is 15.0. The molecule has 0 bridgehead atoms. The molecule has 0 unspecified atom stereocenters. The smallest absolute Gasteiger partial charge is 0.255 e. The second-order valence-electron chi connectivity index (χ2n) is 5.98. The molecule has 9 heteroatoms. The lowest BCUT2D eigenvalue weighted by Gasteiger charge is -2.35. The van der Waals surface area contributed by atoms with E-state index in [1.165, 1.54) is 7.11 Å². The molecule has 1 saturated heterocycles. The first-order chi connectivity index (χ1) is 13.1. The Balaban J connectivity index is 1.65. The molecule has 2 aromatic rings. The number of aromatic nitrogens is 2. The first-order valence-electron chi connectivity index (χ1n) is 8.49. The number of primary amides is 1. The number of ether oxygens (including phenoxy) is 2. The summed E-state index contributed by atoms with van der Waals surface area (Å²) < 4.78 is 10.5. The highest BCUT2D eigenvalue weighted by molar-refractivity contribution is 5.95. The van der Waals surface area contributed by atoms with Crippen molar-refractivity contribution in [1.29, 1.82) is 0 Å². The number of hydrogen-bond donors (Lipinski definition) is 1. The van der Waals surface area contributed by atoms with Gasteiger partial charge in [0.2, 0.25) is 0 Å². The van der Waals surface area contributed by atoms with Crippen LogP contribution in [-0.2, 0) is 4.79 Å². The quantitative estimate of drug-likeness (QED) is 0.778. The van der Waals surface area contributed by atoms with Crippen molar-refractivity contribution in [3.05, 3.63) is 42.1 Å². The molecule has 27 heavy (non-hydrogen) atoms. The summed E-state index contributed by atoms with van der Waals surface area (Å²) in [6.07, 6.45) is 1.63. The third kappa shape index (κ3) is 4.43. The summed E-state index contributed by atoms with van der Waals surface area (Å²) in [4.78, 5) is 27.5. The van der Waals surface area contributed by atoms with E-state index in [2.05, 4.69) is 15.1 Å². The molecule has 0 atom stereocenters. The number of carbonyl (C=O) groups excluding carboxylic acids is 2. The van der Waals surface area contributed by atoms with E-state index in [-0.39, 0.29) is 12.5 Å². The Morgan fingerprint density at radius 2 is 1.93 bits per heavy atom. The summed E-state index contributed by atoms with van der Waals surface area (Å²) in [6.45, 7) is 2.27. The van der Waals surface area contributed by atoms with Crippen molar-refractivity contribution in [1.82, 2.24) is 15.1 Å². The highest BCUT2D eigenvalue weighted by Crippen LogP contribution is 2.28. The van der Waals surface area contributed by atoms with Crippen molar-refractivity contribution in [2.24, 2.45) is 5.73 Å². The van der Waals surface area contributed by atoms with Crippen molar-refractivity contribution in [3.8, 4) is 11.5 Å². The zero-order valence-electron chi connectivity index (χ0n) is 15.0. The van der Waals surface area contributed by atoms with Gasteiger partial charge in [-0.05, 0) is 30.3 Å². The van der Waals surface area contributed by atoms with E-state index in [4.69, 9.17) is 15.2 Å². The van der Waals surface area contributed by atoms with Gasteiger partial charge in [-0.1, -0.05) is 0 Å². The Bertz CT molecular complexity index is 807. The average Bonchev–Trinajstić information content (AvgIpc) is 2.72. The molecule has 9 nitrogen and oxygen atoms in total. The van der Waals surface area contributed by atoms with Crippen LogP contribution in [0.25, 0.3) is 0 Å². The van der Waals surface area contributed by atoms with Crippen molar-refractivity contribution in [2.45, 2.75) is 0 Å². The van der Waals surface area contributed by atoms with Gasteiger partial charge in [0.25, 0.3) is 11.8 Å². The number of nitrogens with two attached hydrogens (primary N) is 1. The highest BCUT2D eigenvalue weighted by atomic mass is 16.5. The van der Waals surface area contributed by atoms with Crippen molar-refractivity contribution < 1.29 is 19.1 Å². The van der Waals surface area contributed by atoms with Crippen LogP contribution in [0.15, 0.2) is 36.5 Å². The normalized spacial score (nSPS) is 14.0. The number of hydrogen-bond acceptors (Lipinski definition) is 7. The predicted octanol–water partition coefficient (Wildman–Crippen LogP) is 0.312. The number of nitrogens with zero attached hydrogens (tertiary/aromatic N) is 4. The Labute approximate surface area is 156 Å². The lowest BCUT2D eigenvalue weighted by molar-refractivity contribution is -0.119. The third-order valence-corrected chi connectivity index (χ3v) is 4.23. The van der Waals surface area contributed by atoms with Gasteiger partial charge in [-0.25, -0.2) is 0 Å². The van der Waals surface area contributed by atoms with Gasteiger partial charge in [0, 0.05) is 37.9 Å². The van der Waals surface area contributed by atoms with Crippen molar-refractivity contribution in [3.63, 3.8) is 0 Å². The van der Waals surface area contributed by atoms with Crippen LogP contribution in [0.5, 0.6) is 11.5 Å². The van der Waals surface area contributed by atoms with Gasteiger partial charge >= 0.3 is 0 Å². The number of anilines is 1. The van der Waals surface area contributed by atoms with Crippen LogP contribution in [-0.4, -0.2) is 66.8 Å². The van der Waals surface area contributed by atoms with Gasteiger partial charge in [-0.15, -0.1) is 5.10 Å². The van der Waals surface area contributed by atoms with Gasteiger partial charge in [-0.3, -0.25) is 9.59 Å². The maximum absolute atomic E-state index is 12.8. The summed E-state index contributed by atoms with van der Waals surface area (Å²) >= 11 is 0. The van der Waals surface area contributed by atoms with E-state index >= 15 is 0 Å². The van der Waals surface area contributed by atoms with E-state index in [0.29, 0.717) is 43.2 Å². The van der Waals surface area contributed by atoms with E-state index in [1.54, 1.807) is 29.3 Å². The molecule has 0 aliphatic carbocycles. The minimum Gasteiger partial charge on any atom is -0.493 e. The minimum atomic E-state index is -0.585. The molecule has 1 aromatic heterocycles. The summed E-state index contributed by atoms with van der Waals surface area (Å²) in [5.41, 5.74) is 5.57. The summed E-state index contributed by atoms with van der Waals surface area (Å²) in [5.74, 6) is 0.870. The van der Waals surface area contributed by atoms with E-state index in [0.717, 1.165) is 5.82 Å². The fraction of sp³-hybridized carbons (Fsp3) is 0.333. The first kappa shape index (κ1) is 18.4. The number of carbonyl (C=O) groups is 2. The van der Waals surface area contributed by atoms with Gasteiger partial charge in [0.1, 0.15) is 0 Å². The van der Waals surface area contributed by atoms with Crippen LogP contribution in [0.1, 0.15) is 10.4 Å². The number of amides is 2. The average molecular weight is 371 g/mol. The SMILES string of the molecule is COc1cc(C(=O)N2CCN(c3cccnn3)CC2)ccc1OCC(N)=O. The molecule has 1 aliphatic heterocycles. The van der Waals surface area contributed by atoms with Crippen LogP contribution in [0.4, 0.5) is 5.82 Å². The molecule has 1 aliphatic rings. The van der Waals surface area contributed by atoms with Gasteiger partial charge in [-0.2, -0.15) is 5.10 Å². The minimum absolute atomic E-state index is 0.0893. The number of methoxy groups -OCH3 is 1. The van der Waals surface area contributed by atoms with Gasteiger partial charge in [0.15, 0.2) is 23.9 Å².